The number of likely N-dealkylation sites (N-methyl/N-ethyl adjacent to an activating group) is 1. The second kappa shape index (κ2) is 6.02. The van der Waals surface area contributed by atoms with E-state index in [0.29, 0.717) is 23.5 Å². The van der Waals surface area contributed by atoms with Crippen LogP contribution in [0.1, 0.15) is 29.6 Å². The Morgan fingerprint density at radius 3 is 2.89 bits per heavy atom. The summed E-state index contributed by atoms with van der Waals surface area (Å²) >= 11 is 0. The maximum Gasteiger partial charge on any atom is 0.254 e. The Balaban J connectivity index is 2.17. The van der Waals surface area contributed by atoms with Crippen molar-refractivity contribution < 1.29 is 4.79 Å². The van der Waals surface area contributed by atoms with Crippen molar-refractivity contribution in [3.8, 4) is 0 Å². The first-order valence-electron chi connectivity index (χ1n) is 6.73. The minimum Gasteiger partial charge on any atom is -0.365 e. The average Bonchev–Trinajstić information content (AvgIpc) is 2.87. The smallest absolute Gasteiger partial charge is 0.254 e. The number of nitrogens with one attached hydrogen (secondary N) is 2. The van der Waals surface area contributed by atoms with E-state index in [4.69, 9.17) is 0 Å². The van der Waals surface area contributed by atoms with E-state index >= 15 is 0 Å². The zero-order valence-corrected chi connectivity index (χ0v) is 11.8. The average molecular weight is 262 g/mol. The molecule has 0 aromatic carbocycles. The first-order valence-corrected chi connectivity index (χ1v) is 6.73. The van der Waals surface area contributed by atoms with Gasteiger partial charge in [-0.15, -0.1) is 0 Å². The fourth-order valence-corrected chi connectivity index (χ4v) is 2.74. The molecular formula is C14H22N4O. The van der Waals surface area contributed by atoms with Crippen LogP contribution in [0.3, 0.4) is 0 Å². The zero-order chi connectivity index (χ0) is 13.8. The monoisotopic (exact) mass is 262 g/mol. The van der Waals surface area contributed by atoms with Gasteiger partial charge >= 0.3 is 0 Å². The van der Waals surface area contributed by atoms with Crippen molar-refractivity contribution in [2.24, 2.45) is 0 Å². The summed E-state index contributed by atoms with van der Waals surface area (Å²) in [5.41, 5.74) is 0.606. The molecule has 0 aliphatic heterocycles. The summed E-state index contributed by atoms with van der Waals surface area (Å²) < 4.78 is 0. The molecule has 1 saturated carbocycles. The van der Waals surface area contributed by atoms with Crippen LogP contribution < -0.4 is 10.6 Å². The number of hydrogen-bond acceptors (Lipinski definition) is 4. The third-order valence-electron chi connectivity index (χ3n) is 3.74. The fourth-order valence-electron chi connectivity index (χ4n) is 2.74. The van der Waals surface area contributed by atoms with E-state index in [1.54, 1.807) is 25.4 Å². The standard InChI is InChI=1S/C14H22N4O/c1-15-14(19)10-6-5-9-16-13(10)17-11-7-4-8-12(11)18(2)3/h5-6,9,11-12H,4,7-8H2,1-3H3,(H,15,19)(H,16,17)/t11-,12-/m1/s1. The maximum absolute atomic E-state index is 11.8. The molecule has 19 heavy (non-hydrogen) atoms. The van der Waals surface area contributed by atoms with Gasteiger partial charge in [-0.3, -0.25) is 4.79 Å². The highest BCUT2D eigenvalue weighted by molar-refractivity contribution is 5.98. The number of nitrogens with zero attached hydrogens (tertiary/aromatic N) is 2. The van der Waals surface area contributed by atoms with E-state index in [-0.39, 0.29) is 5.91 Å². The molecule has 0 spiro atoms. The van der Waals surface area contributed by atoms with Crippen molar-refractivity contribution in [1.82, 2.24) is 15.2 Å². The molecule has 1 aliphatic carbocycles. The summed E-state index contributed by atoms with van der Waals surface area (Å²) in [6.07, 6.45) is 5.23. The molecule has 1 amide bonds. The van der Waals surface area contributed by atoms with Crippen LogP contribution in [0.2, 0.25) is 0 Å². The molecule has 2 atom stereocenters. The third-order valence-corrected chi connectivity index (χ3v) is 3.74. The zero-order valence-electron chi connectivity index (χ0n) is 11.8. The minimum absolute atomic E-state index is 0.102. The molecule has 0 unspecified atom stereocenters. The Hall–Kier alpha value is -1.62. The van der Waals surface area contributed by atoms with Gasteiger partial charge in [0.15, 0.2) is 0 Å². The molecule has 0 radical (unpaired) electrons. The van der Waals surface area contributed by atoms with Gasteiger partial charge in [0.2, 0.25) is 0 Å². The molecular weight excluding hydrogens is 240 g/mol. The maximum atomic E-state index is 11.8. The SMILES string of the molecule is CNC(=O)c1cccnc1N[C@@H]1CCC[C@H]1N(C)C. The molecule has 2 N–H and O–H groups in total. The summed E-state index contributed by atoms with van der Waals surface area (Å²) in [6, 6.07) is 4.44. The van der Waals surface area contributed by atoms with Crippen molar-refractivity contribution in [2.45, 2.75) is 31.3 Å². The molecule has 5 heteroatoms. The van der Waals surface area contributed by atoms with Gasteiger partial charge in [0.05, 0.1) is 5.56 Å². The second-order valence-electron chi connectivity index (χ2n) is 5.19. The van der Waals surface area contributed by atoms with E-state index in [9.17, 15) is 4.79 Å². The Kier molecular flexibility index (Phi) is 4.37. The van der Waals surface area contributed by atoms with E-state index in [1.807, 2.05) is 0 Å². The largest absolute Gasteiger partial charge is 0.365 e. The Bertz CT molecular complexity index is 447. The van der Waals surface area contributed by atoms with Gasteiger partial charge in [0, 0.05) is 25.3 Å². The number of pyridine rings is 1. The lowest BCUT2D eigenvalue weighted by Crippen LogP contribution is -2.39. The van der Waals surface area contributed by atoms with E-state index in [0.717, 1.165) is 6.42 Å². The van der Waals surface area contributed by atoms with Crippen LogP contribution in [-0.2, 0) is 0 Å². The van der Waals surface area contributed by atoms with Gasteiger partial charge in [-0.1, -0.05) is 0 Å². The summed E-state index contributed by atoms with van der Waals surface area (Å²) in [7, 11) is 5.84. The van der Waals surface area contributed by atoms with Crippen LogP contribution >= 0.6 is 0 Å². The van der Waals surface area contributed by atoms with Crippen LogP contribution in [0.4, 0.5) is 5.82 Å². The van der Waals surface area contributed by atoms with Crippen molar-refractivity contribution in [1.29, 1.82) is 0 Å². The molecule has 5 nitrogen and oxygen atoms in total. The van der Waals surface area contributed by atoms with E-state index in [1.165, 1.54) is 12.8 Å². The molecule has 1 aromatic heterocycles. The van der Waals surface area contributed by atoms with Crippen LogP contribution in [0.5, 0.6) is 0 Å². The van der Waals surface area contributed by atoms with Crippen LogP contribution in [-0.4, -0.2) is 49.0 Å². The van der Waals surface area contributed by atoms with E-state index < -0.39 is 0 Å². The Morgan fingerprint density at radius 1 is 1.42 bits per heavy atom. The third kappa shape index (κ3) is 3.04. The van der Waals surface area contributed by atoms with Crippen LogP contribution in [0.25, 0.3) is 0 Å². The lowest BCUT2D eigenvalue weighted by molar-refractivity contribution is 0.0963. The highest BCUT2D eigenvalue weighted by Gasteiger charge is 2.29. The number of aromatic nitrogens is 1. The van der Waals surface area contributed by atoms with Crippen molar-refractivity contribution in [3.05, 3.63) is 23.9 Å². The molecule has 1 fully saturated rings. The van der Waals surface area contributed by atoms with Crippen LogP contribution in [0.15, 0.2) is 18.3 Å². The van der Waals surface area contributed by atoms with E-state index in [2.05, 4.69) is 34.6 Å². The fraction of sp³-hybridized carbons (Fsp3) is 0.571. The van der Waals surface area contributed by atoms with Gasteiger partial charge in [0.1, 0.15) is 5.82 Å². The number of carbonyl (C=O) groups is 1. The number of anilines is 1. The highest BCUT2D eigenvalue weighted by atomic mass is 16.1. The number of rotatable bonds is 4. The lowest BCUT2D eigenvalue weighted by atomic mass is 10.1. The van der Waals surface area contributed by atoms with Gasteiger partial charge in [-0.05, 0) is 45.5 Å². The summed E-state index contributed by atoms with van der Waals surface area (Å²) in [5, 5.41) is 6.09. The highest BCUT2D eigenvalue weighted by Crippen LogP contribution is 2.26. The van der Waals surface area contributed by atoms with Gasteiger partial charge in [0.25, 0.3) is 5.91 Å². The minimum atomic E-state index is -0.102. The van der Waals surface area contributed by atoms with Crippen molar-refractivity contribution >= 4 is 11.7 Å². The first kappa shape index (κ1) is 13.8. The molecule has 1 aliphatic rings. The topological polar surface area (TPSA) is 57.3 Å². The van der Waals surface area contributed by atoms with Crippen molar-refractivity contribution in [3.63, 3.8) is 0 Å². The van der Waals surface area contributed by atoms with Gasteiger partial charge < -0.3 is 15.5 Å². The Morgan fingerprint density at radius 2 is 2.21 bits per heavy atom. The predicted octanol–water partition coefficient (Wildman–Crippen LogP) is 1.34. The molecule has 104 valence electrons. The van der Waals surface area contributed by atoms with Crippen molar-refractivity contribution in [2.75, 3.05) is 26.5 Å². The number of amides is 1. The van der Waals surface area contributed by atoms with Crippen LogP contribution in [0, 0.1) is 0 Å². The summed E-state index contributed by atoms with van der Waals surface area (Å²) in [4.78, 5) is 18.4. The predicted molar refractivity (Wildman–Crippen MR) is 76.4 cm³/mol. The van der Waals surface area contributed by atoms with Gasteiger partial charge in [-0.2, -0.15) is 0 Å². The summed E-state index contributed by atoms with van der Waals surface area (Å²) in [5.74, 6) is 0.579. The molecule has 1 heterocycles. The summed E-state index contributed by atoms with van der Waals surface area (Å²) in [6.45, 7) is 0. The lowest BCUT2D eigenvalue weighted by Gasteiger charge is -2.27. The Labute approximate surface area is 114 Å². The molecule has 2 rings (SSSR count). The molecule has 0 bridgehead atoms. The first-order chi connectivity index (χ1) is 9.13. The number of carbonyl (C=O) groups excluding carboxylic acids is 1. The number of hydrogen-bond donors (Lipinski definition) is 2. The quantitative estimate of drug-likeness (QED) is 0.859. The van der Waals surface area contributed by atoms with Gasteiger partial charge in [-0.25, -0.2) is 4.98 Å². The second-order valence-corrected chi connectivity index (χ2v) is 5.19. The molecule has 0 saturated heterocycles. The normalized spacial score (nSPS) is 22.5. The molecule has 1 aromatic rings.